The second-order valence-corrected chi connectivity index (χ2v) is 13.8. The number of nitrogens with zero attached hydrogens (tertiary/aromatic N) is 2. The Morgan fingerprint density at radius 1 is 0.882 bits per heavy atom. The molecule has 2 aromatic rings. The van der Waals surface area contributed by atoms with Crippen LogP contribution >= 0.6 is 0 Å². The first-order valence-corrected chi connectivity index (χ1v) is 17.6. The van der Waals surface area contributed by atoms with Crippen LogP contribution in [-0.4, -0.2) is 98.6 Å². The Balaban J connectivity index is 1.37. The fourth-order valence-electron chi connectivity index (χ4n) is 5.25. The average molecular weight is 736 g/mol. The summed E-state index contributed by atoms with van der Waals surface area (Å²) in [5.41, 5.74) is -1.89. The number of amides is 1. The molecule has 12 nitrogen and oxygen atoms in total. The van der Waals surface area contributed by atoms with E-state index in [1.807, 2.05) is 74.1 Å². The summed E-state index contributed by atoms with van der Waals surface area (Å²) in [7, 11) is 2.33. The average Bonchev–Trinajstić information content (AvgIpc) is 3.07. The molecule has 0 atom stereocenters. The molecular formula is C35H42F3N4O8S+. The Hall–Kier alpha value is -4.51. The predicted molar refractivity (Wildman–Crippen MR) is 187 cm³/mol. The largest absolute Gasteiger partial charge is 0.511 e. The number of carboxylic acid groups (broad SMARTS) is 1. The van der Waals surface area contributed by atoms with Gasteiger partial charge in [0.25, 0.3) is 5.91 Å². The van der Waals surface area contributed by atoms with Crippen molar-refractivity contribution in [3.63, 3.8) is 0 Å². The van der Waals surface area contributed by atoms with E-state index in [-0.39, 0.29) is 50.5 Å². The number of benzene rings is 3. The van der Waals surface area contributed by atoms with Gasteiger partial charge in [0.15, 0.2) is 0 Å². The number of nitrogens with one attached hydrogen (secondary N) is 2. The quantitative estimate of drug-likeness (QED) is 0.0817. The first kappa shape index (κ1) is 39.3. The molecule has 0 bridgehead atoms. The number of carboxylic acids is 1. The minimum Gasteiger partial charge on any atom is -0.478 e. The Morgan fingerprint density at radius 3 is 2.27 bits per heavy atom. The van der Waals surface area contributed by atoms with Crippen LogP contribution in [0.1, 0.15) is 40.0 Å². The first-order chi connectivity index (χ1) is 24.1. The highest BCUT2D eigenvalue weighted by Gasteiger charge is 2.45. The number of hydrogen-bond acceptors (Lipinski definition) is 8. The predicted octanol–water partition coefficient (Wildman–Crippen LogP) is 4.37. The van der Waals surface area contributed by atoms with Gasteiger partial charge in [-0.25, -0.2) is 22.5 Å². The van der Waals surface area contributed by atoms with Crippen LogP contribution in [-0.2, 0) is 19.5 Å². The molecule has 1 amide bonds. The molecule has 51 heavy (non-hydrogen) atoms. The summed E-state index contributed by atoms with van der Waals surface area (Å²) < 4.78 is 79.6. The third-order valence-electron chi connectivity index (χ3n) is 7.97. The van der Waals surface area contributed by atoms with Crippen LogP contribution in [0.5, 0.6) is 0 Å². The van der Waals surface area contributed by atoms with Gasteiger partial charge in [-0.2, -0.15) is 13.2 Å². The Bertz CT molecular complexity index is 2010. The summed E-state index contributed by atoms with van der Waals surface area (Å²) in [5, 5.41) is 14.6. The molecule has 0 aromatic heterocycles. The van der Waals surface area contributed by atoms with Gasteiger partial charge in [0.2, 0.25) is 5.36 Å². The van der Waals surface area contributed by atoms with E-state index in [2.05, 4.69) is 5.32 Å². The molecule has 2 aromatic carbocycles. The van der Waals surface area contributed by atoms with Crippen LogP contribution in [0, 0.1) is 0 Å². The second-order valence-electron chi connectivity index (χ2n) is 12.1. The van der Waals surface area contributed by atoms with Crippen LogP contribution in [0.25, 0.3) is 33.4 Å². The molecule has 1 heterocycles. The van der Waals surface area contributed by atoms with Crippen molar-refractivity contribution in [1.29, 1.82) is 0 Å². The van der Waals surface area contributed by atoms with Gasteiger partial charge >= 0.3 is 21.5 Å². The van der Waals surface area contributed by atoms with Crippen molar-refractivity contribution in [1.82, 2.24) is 14.6 Å². The smallest absolute Gasteiger partial charge is 0.478 e. The van der Waals surface area contributed by atoms with Crippen molar-refractivity contribution in [3.8, 4) is 22.5 Å². The molecule has 0 fully saturated rings. The summed E-state index contributed by atoms with van der Waals surface area (Å²) >= 11 is 0. The normalized spacial score (nSPS) is 12.0. The molecule has 16 heteroatoms. The fraction of sp³-hybridized carbons (Fsp3) is 0.400. The Labute approximate surface area is 293 Å². The van der Waals surface area contributed by atoms with Crippen LogP contribution in [0.15, 0.2) is 59.0 Å². The fourth-order valence-corrected chi connectivity index (χ4v) is 5.82. The van der Waals surface area contributed by atoms with E-state index in [0.29, 0.717) is 52.9 Å². The molecule has 1 aliphatic heterocycles. The molecule has 0 unspecified atom stereocenters. The lowest BCUT2D eigenvalue weighted by Crippen LogP contribution is -2.36. The van der Waals surface area contributed by atoms with E-state index in [1.54, 1.807) is 6.07 Å². The molecule has 0 saturated carbocycles. The number of carbonyl (C=O) groups excluding carboxylic acids is 1. The second kappa shape index (κ2) is 17.1. The number of ether oxygens (including phenoxy) is 2. The van der Waals surface area contributed by atoms with Crippen molar-refractivity contribution in [2.45, 2.75) is 24.8 Å². The highest BCUT2D eigenvalue weighted by molar-refractivity contribution is 7.90. The summed E-state index contributed by atoms with van der Waals surface area (Å²) in [4.78, 5) is 27.6. The third-order valence-corrected chi connectivity index (χ3v) is 9.16. The zero-order valence-electron chi connectivity index (χ0n) is 28.8. The van der Waals surface area contributed by atoms with Crippen LogP contribution in [0.3, 0.4) is 0 Å². The van der Waals surface area contributed by atoms with Crippen LogP contribution in [0.4, 0.5) is 18.9 Å². The summed E-state index contributed by atoms with van der Waals surface area (Å²) in [5.74, 6) is -0.996. The van der Waals surface area contributed by atoms with Crippen molar-refractivity contribution < 1.29 is 50.2 Å². The topological polar surface area (TPSA) is 150 Å². The zero-order valence-corrected chi connectivity index (χ0v) is 29.6. The minimum atomic E-state index is -5.32. The number of aromatic carboxylic acids is 1. The minimum absolute atomic E-state index is 0.0307. The first-order valence-electron chi connectivity index (χ1n) is 16.2. The van der Waals surface area contributed by atoms with Crippen LogP contribution < -0.4 is 24.9 Å². The van der Waals surface area contributed by atoms with Crippen molar-refractivity contribution in [2.24, 2.45) is 0 Å². The number of sulfonamides is 1. The van der Waals surface area contributed by atoms with Gasteiger partial charge in [0.05, 0.1) is 31.5 Å². The van der Waals surface area contributed by atoms with Gasteiger partial charge in [0.1, 0.15) is 25.4 Å². The third kappa shape index (κ3) is 10.1. The highest BCUT2D eigenvalue weighted by Crippen LogP contribution is 2.42. The van der Waals surface area contributed by atoms with Gasteiger partial charge in [-0.3, -0.25) is 4.79 Å². The van der Waals surface area contributed by atoms with Gasteiger partial charge < -0.3 is 29.2 Å². The van der Waals surface area contributed by atoms with Gasteiger partial charge in [0, 0.05) is 73.7 Å². The standard InChI is InChI=1S/C35H41F3N4O8S/c1-41(2)24-9-12-27-30(21-24)50-31-22-25(42(3)4)10-13-28(31)32(27)29-20-23(8-11-26(29)34(44)45)33(43)39-15-17-49-19-18-48-16-7-5-6-14-40-51(46,47)35(36,37)38/h8-13,20-22,40H,5-7,14-19H2,1-4H3,(H-,39,43,44,45)/p+1. The lowest BCUT2D eigenvalue weighted by Gasteiger charge is -2.19. The molecule has 0 saturated heterocycles. The zero-order chi connectivity index (χ0) is 37.3. The van der Waals surface area contributed by atoms with Crippen LogP contribution in [0.2, 0.25) is 0 Å². The molecule has 2 aliphatic rings. The SMILES string of the molecule is CN(C)c1ccc2c(-c3cc(C(=O)NCCOCCOCCCCCNS(=O)(=O)C(F)(F)F)ccc3C(=O)O)c3ccc(=[N+](C)C)cc-3oc2c1. The lowest BCUT2D eigenvalue weighted by atomic mass is 9.89. The number of unbranched alkanes of at least 4 members (excludes halogenated alkanes) is 2. The summed E-state index contributed by atoms with van der Waals surface area (Å²) in [6.07, 6.45) is 1.24. The van der Waals surface area contributed by atoms with Gasteiger partial charge in [-0.1, -0.05) is 0 Å². The summed E-state index contributed by atoms with van der Waals surface area (Å²) in [6.45, 7) is 0.878. The maximum atomic E-state index is 13.2. The number of halogens is 3. The number of rotatable bonds is 17. The molecule has 1 aliphatic carbocycles. The van der Waals surface area contributed by atoms with E-state index in [0.717, 1.165) is 11.0 Å². The lowest BCUT2D eigenvalue weighted by molar-refractivity contribution is -0.0447. The molecule has 0 radical (unpaired) electrons. The van der Waals surface area contributed by atoms with Crippen molar-refractivity contribution >= 4 is 38.6 Å². The maximum Gasteiger partial charge on any atom is 0.511 e. The number of anilines is 1. The molecule has 4 rings (SSSR count). The molecule has 3 N–H and O–H groups in total. The van der Waals surface area contributed by atoms with E-state index in [9.17, 15) is 36.3 Å². The molecular weight excluding hydrogens is 693 g/mol. The molecule has 0 spiro atoms. The van der Waals surface area contributed by atoms with Crippen molar-refractivity contribution in [3.05, 3.63) is 71.1 Å². The number of alkyl halides is 3. The molecule has 276 valence electrons. The number of fused-ring (bicyclic) bond motifs is 2. The Morgan fingerprint density at radius 2 is 1.61 bits per heavy atom. The Kier molecular flexibility index (Phi) is 13.2. The van der Waals surface area contributed by atoms with E-state index in [4.69, 9.17) is 13.9 Å². The van der Waals surface area contributed by atoms with Crippen molar-refractivity contribution in [2.75, 3.05) is 72.6 Å². The van der Waals surface area contributed by atoms with E-state index in [1.165, 1.54) is 16.9 Å². The monoisotopic (exact) mass is 735 g/mol. The van der Waals surface area contributed by atoms with Gasteiger partial charge in [-0.15, -0.1) is 0 Å². The number of hydrogen-bond donors (Lipinski definition) is 3. The summed E-state index contributed by atoms with van der Waals surface area (Å²) in [6, 6.07) is 15.9. The van der Waals surface area contributed by atoms with E-state index < -0.39 is 27.4 Å². The maximum absolute atomic E-state index is 13.2. The van der Waals surface area contributed by atoms with E-state index >= 15 is 0 Å². The highest BCUT2D eigenvalue weighted by atomic mass is 32.2. The van der Waals surface area contributed by atoms with Gasteiger partial charge in [-0.05, 0) is 61.2 Å². The number of carbonyl (C=O) groups is 2.